The van der Waals surface area contributed by atoms with Crippen molar-refractivity contribution in [2.75, 3.05) is 57.8 Å². The SMILES string of the molecule is CC(=O)Nc1cc(Cl)ccc1/C=C/C(=O)N1CCN(Cc2ccc(F)cc2)C[C@H]1CO.OC[C@@H]1CN(Cc2ccc(F)cc2)CCN1. The smallest absolute Gasteiger partial charge is 0.246 e. The molecular formula is C35H42ClF2N5O4. The van der Waals surface area contributed by atoms with Crippen molar-refractivity contribution in [3.63, 3.8) is 0 Å². The van der Waals surface area contributed by atoms with Crippen LogP contribution in [0.3, 0.4) is 0 Å². The van der Waals surface area contributed by atoms with Gasteiger partial charge in [0.15, 0.2) is 0 Å². The van der Waals surface area contributed by atoms with Crippen LogP contribution in [-0.2, 0) is 22.7 Å². The van der Waals surface area contributed by atoms with Crippen LogP contribution in [0.15, 0.2) is 72.8 Å². The highest BCUT2D eigenvalue weighted by Gasteiger charge is 2.29. The summed E-state index contributed by atoms with van der Waals surface area (Å²) in [6, 6.07) is 17.8. The second-order valence-electron chi connectivity index (χ2n) is 11.7. The molecule has 12 heteroatoms. The van der Waals surface area contributed by atoms with E-state index in [2.05, 4.69) is 20.4 Å². The summed E-state index contributed by atoms with van der Waals surface area (Å²) in [7, 11) is 0. The highest BCUT2D eigenvalue weighted by Crippen LogP contribution is 2.23. The Hall–Kier alpha value is -3.71. The molecule has 0 unspecified atom stereocenters. The fourth-order valence-electron chi connectivity index (χ4n) is 5.59. The van der Waals surface area contributed by atoms with Gasteiger partial charge in [-0.3, -0.25) is 19.4 Å². The van der Waals surface area contributed by atoms with Gasteiger partial charge in [-0.1, -0.05) is 41.9 Å². The number of aliphatic hydroxyl groups excluding tert-OH is 2. The Morgan fingerprint density at radius 1 is 0.894 bits per heavy atom. The summed E-state index contributed by atoms with van der Waals surface area (Å²) >= 11 is 6.00. The third-order valence-corrected chi connectivity index (χ3v) is 8.23. The zero-order chi connectivity index (χ0) is 33.8. The molecule has 252 valence electrons. The van der Waals surface area contributed by atoms with E-state index in [-0.39, 0.29) is 48.7 Å². The van der Waals surface area contributed by atoms with Crippen LogP contribution in [0, 0.1) is 11.6 Å². The van der Waals surface area contributed by atoms with E-state index in [0.717, 1.165) is 37.3 Å². The lowest BCUT2D eigenvalue weighted by molar-refractivity contribution is -0.132. The maximum absolute atomic E-state index is 13.1. The third-order valence-electron chi connectivity index (χ3n) is 7.99. The van der Waals surface area contributed by atoms with Gasteiger partial charge in [0.05, 0.1) is 19.3 Å². The Bertz CT molecular complexity index is 1490. The first kappa shape index (κ1) is 36.1. The van der Waals surface area contributed by atoms with Gasteiger partial charge in [0, 0.05) is 82.1 Å². The largest absolute Gasteiger partial charge is 0.395 e. The number of hydrogen-bond acceptors (Lipinski definition) is 7. The van der Waals surface area contributed by atoms with Gasteiger partial charge in [0.2, 0.25) is 11.8 Å². The van der Waals surface area contributed by atoms with Gasteiger partial charge >= 0.3 is 0 Å². The minimum Gasteiger partial charge on any atom is -0.395 e. The maximum Gasteiger partial charge on any atom is 0.246 e. The van der Waals surface area contributed by atoms with E-state index in [4.69, 9.17) is 16.7 Å². The second-order valence-corrected chi connectivity index (χ2v) is 12.1. The molecule has 2 amide bonds. The fourth-order valence-corrected chi connectivity index (χ4v) is 5.77. The topological polar surface area (TPSA) is 108 Å². The molecule has 0 spiro atoms. The number of rotatable bonds is 9. The van der Waals surface area contributed by atoms with Crippen LogP contribution in [0.1, 0.15) is 23.6 Å². The van der Waals surface area contributed by atoms with Gasteiger partial charge in [-0.15, -0.1) is 0 Å². The molecule has 0 radical (unpaired) electrons. The molecule has 5 rings (SSSR count). The van der Waals surface area contributed by atoms with Crippen LogP contribution < -0.4 is 10.6 Å². The lowest BCUT2D eigenvalue weighted by Crippen LogP contribution is -2.55. The molecule has 3 aromatic rings. The van der Waals surface area contributed by atoms with Gasteiger partial charge in [-0.05, 0) is 59.2 Å². The highest BCUT2D eigenvalue weighted by molar-refractivity contribution is 6.31. The molecule has 2 aliphatic rings. The zero-order valence-corrected chi connectivity index (χ0v) is 27.2. The lowest BCUT2D eigenvalue weighted by atomic mass is 10.1. The normalized spacial score (nSPS) is 18.9. The summed E-state index contributed by atoms with van der Waals surface area (Å²) in [5.74, 6) is -0.927. The summed E-state index contributed by atoms with van der Waals surface area (Å²) in [6.45, 7) is 7.19. The van der Waals surface area contributed by atoms with Gasteiger partial charge in [0.25, 0.3) is 0 Å². The van der Waals surface area contributed by atoms with Crippen molar-refractivity contribution in [2.24, 2.45) is 0 Å². The van der Waals surface area contributed by atoms with E-state index < -0.39 is 0 Å². The predicted molar refractivity (Wildman–Crippen MR) is 180 cm³/mol. The monoisotopic (exact) mass is 669 g/mol. The summed E-state index contributed by atoms with van der Waals surface area (Å²) in [4.78, 5) is 30.3. The Kier molecular flexibility index (Phi) is 13.8. The second kappa shape index (κ2) is 18.0. The first-order valence-corrected chi connectivity index (χ1v) is 16.0. The molecular weight excluding hydrogens is 628 g/mol. The lowest BCUT2D eigenvalue weighted by Gasteiger charge is -2.40. The van der Waals surface area contributed by atoms with Crippen molar-refractivity contribution in [2.45, 2.75) is 32.1 Å². The molecule has 4 N–H and O–H groups in total. The molecule has 2 atom stereocenters. The van der Waals surface area contributed by atoms with Crippen LogP contribution in [-0.4, -0.2) is 101 Å². The number of nitrogens with one attached hydrogen (secondary N) is 2. The van der Waals surface area contributed by atoms with Crippen molar-refractivity contribution >= 4 is 35.2 Å². The van der Waals surface area contributed by atoms with Gasteiger partial charge in [-0.2, -0.15) is 0 Å². The van der Waals surface area contributed by atoms with Crippen molar-refractivity contribution in [1.29, 1.82) is 0 Å². The molecule has 3 aromatic carbocycles. The van der Waals surface area contributed by atoms with Crippen molar-refractivity contribution < 1.29 is 28.6 Å². The number of anilines is 1. The van der Waals surface area contributed by atoms with Crippen molar-refractivity contribution in [1.82, 2.24) is 20.0 Å². The zero-order valence-electron chi connectivity index (χ0n) is 26.4. The number of carbonyl (C=O) groups excluding carboxylic acids is 2. The molecule has 2 aliphatic heterocycles. The first-order chi connectivity index (χ1) is 22.6. The number of hydrogen-bond donors (Lipinski definition) is 4. The predicted octanol–water partition coefficient (Wildman–Crippen LogP) is 3.75. The number of amides is 2. The Labute approximate surface area is 279 Å². The number of carbonyl (C=O) groups is 2. The number of piperazine rings is 2. The van der Waals surface area contributed by atoms with Gasteiger partial charge < -0.3 is 25.7 Å². The van der Waals surface area contributed by atoms with Crippen LogP contribution >= 0.6 is 11.6 Å². The molecule has 9 nitrogen and oxygen atoms in total. The van der Waals surface area contributed by atoms with Crippen LogP contribution in [0.25, 0.3) is 6.08 Å². The minimum absolute atomic E-state index is 0.155. The molecule has 0 aromatic heterocycles. The van der Waals surface area contributed by atoms with E-state index in [1.165, 1.54) is 37.3 Å². The van der Waals surface area contributed by atoms with E-state index in [9.17, 15) is 23.5 Å². The number of benzene rings is 3. The Morgan fingerprint density at radius 3 is 2.09 bits per heavy atom. The molecule has 2 saturated heterocycles. The molecule has 2 fully saturated rings. The number of halogens is 3. The highest BCUT2D eigenvalue weighted by atomic mass is 35.5. The van der Waals surface area contributed by atoms with Crippen LogP contribution in [0.2, 0.25) is 5.02 Å². The summed E-state index contributed by atoms with van der Waals surface area (Å²) in [5.41, 5.74) is 3.27. The molecule has 0 bridgehead atoms. The summed E-state index contributed by atoms with van der Waals surface area (Å²) in [5, 5.41) is 25.3. The van der Waals surface area contributed by atoms with E-state index in [1.54, 1.807) is 41.3 Å². The molecule has 0 aliphatic carbocycles. The third kappa shape index (κ3) is 11.5. The fraction of sp³-hybridized carbons (Fsp3) is 0.371. The number of nitrogens with zero attached hydrogens (tertiary/aromatic N) is 3. The van der Waals surface area contributed by atoms with E-state index in [1.807, 2.05) is 12.1 Å². The van der Waals surface area contributed by atoms with E-state index >= 15 is 0 Å². The van der Waals surface area contributed by atoms with Gasteiger partial charge in [0.1, 0.15) is 11.6 Å². The van der Waals surface area contributed by atoms with Crippen LogP contribution in [0.5, 0.6) is 0 Å². The number of aliphatic hydroxyl groups is 2. The van der Waals surface area contributed by atoms with Crippen molar-refractivity contribution in [3.05, 3.63) is 106 Å². The first-order valence-electron chi connectivity index (χ1n) is 15.6. The maximum atomic E-state index is 13.1. The summed E-state index contributed by atoms with van der Waals surface area (Å²) in [6.07, 6.45) is 3.07. The Morgan fingerprint density at radius 2 is 1.51 bits per heavy atom. The molecule has 47 heavy (non-hydrogen) atoms. The Balaban J connectivity index is 0.000000261. The standard InChI is InChI=1S/C23H25ClFN3O3.C12H17FN2O/c1-16(30)26-22-12-19(24)6-4-18(22)5-9-23(31)28-11-10-27(14-21(28)15-29)13-17-2-7-20(25)8-3-17;13-11-3-1-10(2-4-11)7-15-6-5-14-12(8-15)9-16/h2-9,12,21,29H,10-11,13-15H2,1H3,(H,26,30);1-4,12,14,16H,5-9H2/b9-5+;/t21-;12-/m00/s1. The van der Waals surface area contributed by atoms with Crippen molar-refractivity contribution in [3.8, 4) is 0 Å². The summed E-state index contributed by atoms with van der Waals surface area (Å²) < 4.78 is 25.8. The average Bonchev–Trinajstić information content (AvgIpc) is 3.06. The van der Waals surface area contributed by atoms with E-state index in [0.29, 0.717) is 42.5 Å². The van der Waals surface area contributed by atoms with Gasteiger partial charge in [-0.25, -0.2) is 8.78 Å². The van der Waals surface area contributed by atoms with Crippen LogP contribution in [0.4, 0.5) is 14.5 Å². The average molecular weight is 670 g/mol. The quantitative estimate of drug-likeness (QED) is 0.257. The molecule has 2 heterocycles. The molecule has 0 saturated carbocycles. The minimum atomic E-state index is -0.341.